The summed E-state index contributed by atoms with van der Waals surface area (Å²) in [6.45, 7) is 2.23. The fourth-order valence-corrected chi connectivity index (χ4v) is 1.94. The van der Waals surface area contributed by atoms with Gasteiger partial charge < -0.3 is 14.9 Å². The normalized spacial score (nSPS) is 12.1. The summed E-state index contributed by atoms with van der Waals surface area (Å²) in [5.74, 6) is 1.05. The molecule has 0 saturated heterocycles. The molecule has 0 saturated carbocycles. The van der Waals surface area contributed by atoms with Crippen molar-refractivity contribution < 1.29 is 14.9 Å². The lowest BCUT2D eigenvalue weighted by molar-refractivity contribution is 0.185. The summed E-state index contributed by atoms with van der Waals surface area (Å²) in [5.41, 5.74) is 2.12. The van der Waals surface area contributed by atoms with Crippen molar-refractivity contribution in [3.8, 4) is 11.5 Å². The van der Waals surface area contributed by atoms with E-state index in [1.54, 1.807) is 25.1 Å². The molecule has 0 radical (unpaired) electrons. The van der Waals surface area contributed by atoms with Gasteiger partial charge in [0.05, 0.1) is 6.10 Å². The van der Waals surface area contributed by atoms with Gasteiger partial charge in [0, 0.05) is 0 Å². The zero-order valence-electron chi connectivity index (χ0n) is 11.6. The third-order valence-electron chi connectivity index (χ3n) is 3.09. The van der Waals surface area contributed by atoms with Crippen LogP contribution in [-0.4, -0.2) is 16.3 Å². The zero-order valence-corrected chi connectivity index (χ0v) is 11.6. The molecule has 2 aromatic rings. The van der Waals surface area contributed by atoms with Gasteiger partial charge in [-0.1, -0.05) is 24.3 Å². The van der Waals surface area contributed by atoms with E-state index < -0.39 is 0 Å². The van der Waals surface area contributed by atoms with E-state index in [9.17, 15) is 10.2 Å². The third kappa shape index (κ3) is 4.59. The number of rotatable bonds is 6. The van der Waals surface area contributed by atoms with Gasteiger partial charge in [-0.3, -0.25) is 0 Å². The second-order valence-corrected chi connectivity index (χ2v) is 4.99. The smallest absolute Gasteiger partial charge is 0.119 e. The quantitative estimate of drug-likeness (QED) is 0.848. The number of aliphatic hydroxyl groups excluding tert-OH is 1. The molecule has 0 aliphatic rings. The van der Waals surface area contributed by atoms with Crippen molar-refractivity contribution in [2.75, 3.05) is 0 Å². The lowest BCUT2D eigenvalue weighted by Gasteiger charge is -2.08. The topological polar surface area (TPSA) is 49.7 Å². The number of aromatic hydroxyl groups is 1. The number of phenols is 1. The van der Waals surface area contributed by atoms with E-state index in [4.69, 9.17) is 4.74 Å². The molecule has 0 spiro atoms. The second kappa shape index (κ2) is 6.96. The van der Waals surface area contributed by atoms with Crippen LogP contribution >= 0.6 is 0 Å². The Bertz CT molecular complexity index is 532. The number of hydrogen-bond acceptors (Lipinski definition) is 3. The van der Waals surface area contributed by atoms with Crippen molar-refractivity contribution in [2.45, 2.75) is 32.5 Å². The highest BCUT2D eigenvalue weighted by Gasteiger charge is 2.00. The Morgan fingerprint density at radius 3 is 2.45 bits per heavy atom. The molecule has 3 nitrogen and oxygen atoms in total. The number of ether oxygens (including phenoxy) is 1. The van der Waals surface area contributed by atoms with Crippen LogP contribution in [0.5, 0.6) is 11.5 Å². The van der Waals surface area contributed by atoms with Crippen LogP contribution in [0.3, 0.4) is 0 Å². The predicted molar refractivity (Wildman–Crippen MR) is 78.9 cm³/mol. The molecule has 0 amide bonds. The molecule has 0 fully saturated rings. The van der Waals surface area contributed by atoms with Gasteiger partial charge in [0.2, 0.25) is 0 Å². The van der Waals surface area contributed by atoms with Crippen molar-refractivity contribution in [2.24, 2.45) is 0 Å². The highest BCUT2D eigenvalue weighted by atomic mass is 16.5. The summed E-state index contributed by atoms with van der Waals surface area (Å²) in [6.07, 6.45) is 1.37. The molecule has 0 aliphatic heterocycles. The first-order valence-corrected chi connectivity index (χ1v) is 6.81. The Morgan fingerprint density at radius 1 is 1.05 bits per heavy atom. The average molecular weight is 272 g/mol. The van der Waals surface area contributed by atoms with Crippen LogP contribution in [0, 0.1) is 0 Å². The lowest BCUT2D eigenvalue weighted by Crippen LogP contribution is -2.01. The summed E-state index contributed by atoms with van der Waals surface area (Å²) in [5, 5.41) is 18.6. The molecular formula is C17H20O3. The van der Waals surface area contributed by atoms with E-state index in [0.29, 0.717) is 6.61 Å². The van der Waals surface area contributed by atoms with Crippen LogP contribution in [0.2, 0.25) is 0 Å². The van der Waals surface area contributed by atoms with Gasteiger partial charge in [-0.25, -0.2) is 0 Å². The van der Waals surface area contributed by atoms with Crippen molar-refractivity contribution >= 4 is 0 Å². The van der Waals surface area contributed by atoms with E-state index >= 15 is 0 Å². The summed E-state index contributed by atoms with van der Waals surface area (Å²) in [4.78, 5) is 0. The molecule has 0 aromatic heterocycles. The summed E-state index contributed by atoms with van der Waals surface area (Å²) < 4.78 is 5.67. The van der Waals surface area contributed by atoms with Crippen LogP contribution < -0.4 is 4.74 Å². The maximum atomic E-state index is 9.37. The average Bonchev–Trinajstić information content (AvgIpc) is 2.44. The van der Waals surface area contributed by atoms with Gasteiger partial charge >= 0.3 is 0 Å². The fourth-order valence-electron chi connectivity index (χ4n) is 1.94. The number of hydrogen-bond donors (Lipinski definition) is 2. The van der Waals surface area contributed by atoms with Gasteiger partial charge in [0.15, 0.2) is 0 Å². The number of aryl methyl sites for hydroxylation is 1. The zero-order chi connectivity index (χ0) is 14.4. The van der Waals surface area contributed by atoms with E-state index in [1.807, 2.05) is 30.3 Å². The standard InChI is InChI=1S/C17H20O3/c1-13(18)5-6-14-7-9-17(10-8-14)20-12-15-3-2-4-16(19)11-15/h2-4,7-11,13,18-19H,5-6,12H2,1H3. The molecule has 0 bridgehead atoms. The maximum absolute atomic E-state index is 9.37. The van der Waals surface area contributed by atoms with Crippen molar-refractivity contribution in [1.29, 1.82) is 0 Å². The van der Waals surface area contributed by atoms with Gasteiger partial charge in [-0.2, -0.15) is 0 Å². The molecular weight excluding hydrogens is 252 g/mol. The van der Waals surface area contributed by atoms with Crippen LogP contribution in [0.4, 0.5) is 0 Å². The molecule has 0 aliphatic carbocycles. The SMILES string of the molecule is CC(O)CCc1ccc(OCc2cccc(O)c2)cc1. The van der Waals surface area contributed by atoms with Crippen LogP contribution in [0.1, 0.15) is 24.5 Å². The molecule has 2 N–H and O–H groups in total. The molecule has 2 rings (SSSR count). The first-order valence-electron chi connectivity index (χ1n) is 6.81. The highest BCUT2D eigenvalue weighted by Crippen LogP contribution is 2.17. The summed E-state index contributed by atoms with van der Waals surface area (Å²) in [7, 11) is 0. The molecule has 3 heteroatoms. The second-order valence-electron chi connectivity index (χ2n) is 4.99. The van der Waals surface area contributed by atoms with Crippen LogP contribution in [0.25, 0.3) is 0 Å². The Hall–Kier alpha value is -2.00. The van der Waals surface area contributed by atoms with Crippen molar-refractivity contribution in [3.63, 3.8) is 0 Å². The van der Waals surface area contributed by atoms with Crippen molar-refractivity contribution in [3.05, 3.63) is 59.7 Å². The number of phenolic OH excluding ortho intramolecular Hbond substituents is 1. The molecule has 20 heavy (non-hydrogen) atoms. The molecule has 2 aromatic carbocycles. The molecule has 1 unspecified atom stereocenters. The minimum absolute atomic E-state index is 0.250. The molecule has 1 atom stereocenters. The van der Waals surface area contributed by atoms with Gasteiger partial charge in [-0.15, -0.1) is 0 Å². The van der Waals surface area contributed by atoms with E-state index in [0.717, 1.165) is 24.2 Å². The fraction of sp³-hybridized carbons (Fsp3) is 0.294. The Kier molecular flexibility index (Phi) is 5.02. The Labute approximate surface area is 119 Å². The summed E-state index contributed by atoms with van der Waals surface area (Å²) >= 11 is 0. The molecule has 0 heterocycles. The number of aliphatic hydroxyl groups is 1. The Balaban J connectivity index is 1.87. The van der Waals surface area contributed by atoms with E-state index in [2.05, 4.69) is 0 Å². The van der Waals surface area contributed by atoms with Crippen LogP contribution in [-0.2, 0) is 13.0 Å². The van der Waals surface area contributed by atoms with Gasteiger partial charge in [-0.05, 0) is 55.2 Å². The molecule has 106 valence electrons. The Morgan fingerprint density at radius 2 is 1.80 bits per heavy atom. The summed E-state index contributed by atoms with van der Waals surface area (Å²) in [6, 6.07) is 14.9. The van der Waals surface area contributed by atoms with E-state index in [1.165, 1.54) is 5.56 Å². The largest absolute Gasteiger partial charge is 0.508 e. The van der Waals surface area contributed by atoms with Crippen molar-refractivity contribution in [1.82, 2.24) is 0 Å². The predicted octanol–water partition coefficient (Wildman–Crippen LogP) is 3.28. The van der Waals surface area contributed by atoms with Crippen LogP contribution in [0.15, 0.2) is 48.5 Å². The number of benzene rings is 2. The minimum Gasteiger partial charge on any atom is -0.508 e. The first-order chi connectivity index (χ1) is 9.63. The maximum Gasteiger partial charge on any atom is 0.119 e. The monoisotopic (exact) mass is 272 g/mol. The highest BCUT2D eigenvalue weighted by molar-refractivity contribution is 5.29. The third-order valence-corrected chi connectivity index (χ3v) is 3.09. The minimum atomic E-state index is -0.267. The van der Waals surface area contributed by atoms with Gasteiger partial charge in [0.1, 0.15) is 18.1 Å². The first kappa shape index (κ1) is 14.4. The van der Waals surface area contributed by atoms with Gasteiger partial charge in [0.25, 0.3) is 0 Å². The lowest BCUT2D eigenvalue weighted by atomic mass is 10.1. The van der Waals surface area contributed by atoms with E-state index in [-0.39, 0.29) is 11.9 Å².